The number of alkyl halides is 11. The van der Waals surface area contributed by atoms with Crippen molar-refractivity contribution in [3.63, 3.8) is 0 Å². The highest BCUT2D eigenvalue weighted by Gasteiger charge is 2.86. The van der Waals surface area contributed by atoms with Gasteiger partial charge in [-0.1, -0.05) is 6.58 Å². The van der Waals surface area contributed by atoms with E-state index in [2.05, 4.69) is 11.3 Å². The number of hydrogen-bond acceptors (Lipinski definition) is 2. The minimum absolute atomic E-state index is 0.390. The monoisotopic (exact) mass is 382 g/mol. The van der Waals surface area contributed by atoms with Gasteiger partial charge in [0.25, 0.3) is 0 Å². The number of halogens is 11. The fourth-order valence-electron chi connectivity index (χ4n) is 1.16. The van der Waals surface area contributed by atoms with Crippen LogP contribution in [-0.4, -0.2) is 42.4 Å². The lowest BCUT2D eigenvalue weighted by Gasteiger charge is -2.37. The van der Waals surface area contributed by atoms with Gasteiger partial charge in [0, 0.05) is 5.57 Å². The van der Waals surface area contributed by atoms with Crippen LogP contribution < -0.4 is 0 Å². The molecular formula is C11H9F11O2. The minimum Gasteiger partial charge on any atom is -0.462 e. The molecule has 0 atom stereocenters. The quantitative estimate of drug-likeness (QED) is 0.366. The van der Waals surface area contributed by atoms with E-state index in [1.54, 1.807) is 0 Å². The molecule has 0 spiro atoms. The topological polar surface area (TPSA) is 26.3 Å². The van der Waals surface area contributed by atoms with Crippen LogP contribution in [0.4, 0.5) is 48.3 Å². The lowest BCUT2D eigenvalue weighted by molar-refractivity contribution is -0.422. The zero-order valence-electron chi connectivity index (χ0n) is 11.6. The third kappa shape index (κ3) is 3.74. The molecular weight excluding hydrogens is 373 g/mol. The van der Waals surface area contributed by atoms with Crippen molar-refractivity contribution < 1.29 is 57.8 Å². The molecule has 0 aromatic heterocycles. The lowest BCUT2D eigenvalue weighted by atomic mass is 9.96. The average molecular weight is 382 g/mol. The summed E-state index contributed by atoms with van der Waals surface area (Å²) in [5.74, 6) is -29.4. The Morgan fingerprint density at radius 2 is 1.25 bits per heavy atom. The van der Waals surface area contributed by atoms with E-state index >= 15 is 0 Å². The summed E-state index contributed by atoms with van der Waals surface area (Å²) in [6.45, 7) is 2.32. The third-order valence-corrected chi connectivity index (χ3v) is 2.60. The van der Waals surface area contributed by atoms with Crippen molar-refractivity contribution in [2.24, 2.45) is 0 Å². The highest BCUT2D eigenvalue weighted by atomic mass is 19.4. The summed E-state index contributed by atoms with van der Waals surface area (Å²) in [5, 5.41) is 0. The average Bonchev–Trinajstić information content (AvgIpc) is 2.35. The first-order chi connectivity index (χ1) is 10.3. The number of rotatable bonds is 7. The van der Waals surface area contributed by atoms with Gasteiger partial charge in [0.2, 0.25) is 0 Å². The van der Waals surface area contributed by atoms with E-state index < -0.39 is 48.9 Å². The summed E-state index contributed by atoms with van der Waals surface area (Å²) in [4.78, 5) is 10.8. The maximum atomic E-state index is 13.1. The molecule has 24 heavy (non-hydrogen) atoms. The number of hydrogen-bond donors (Lipinski definition) is 0. The summed E-state index contributed by atoms with van der Waals surface area (Å²) in [6.07, 6.45) is -9.63. The Morgan fingerprint density at radius 3 is 1.58 bits per heavy atom. The third-order valence-electron chi connectivity index (χ3n) is 2.60. The fraction of sp³-hybridized carbons (Fsp3) is 0.727. The highest BCUT2D eigenvalue weighted by Crippen LogP contribution is 2.57. The molecule has 0 rings (SSSR count). The lowest BCUT2D eigenvalue weighted by Crippen LogP contribution is -2.66. The van der Waals surface area contributed by atoms with Gasteiger partial charge in [-0.25, -0.2) is 4.79 Å². The van der Waals surface area contributed by atoms with Crippen molar-refractivity contribution in [3.8, 4) is 0 Å². The Morgan fingerprint density at radius 1 is 0.833 bits per heavy atom. The number of carbonyl (C=O) groups is 1. The molecule has 0 saturated heterocycles. The molecule has 0 aromatic rings. The second kappa shape index (κ2) is 6.39. The number of carbonyl (C=O) groups excluding carboxylic acids is 1. The standard InChI is InChI=1S/C11H9F11O2/c1-5(2)6(23)24-4-3-7(12,13)8(14,15)9(16,17)10(18,19)11(20,21)22/h1,3-4H2,2H3. The van der Waals surface area contributed by atoms with Crippen LogP contribution in [0.1, 0.15) is 13.3 Å². The first-order valence-electron chi connectivity index (χ1n) is 5.73. The van der Waals surface area contributed by atoms with Crippen LogP contribution in [0.3, 0.4) is 0 Å². The van der Waals surface area contributed by atoms with Gasteiger partial charge >= 0.3 is 35.8 Å². The molecule has 0 aliphatic rings. The van der Waals surface area contributed by atoms with Crippen LogP contribution in [0.5, 0.6) is 0 Å². The molecule has 13 heteroatoms. The molecule has 2 nitrogen and oxygen atoms in total. The Balaban J connectivity index is 5.46. The van der Waals surface area contributed by atoms with Gasteiger partial charge in [0.05, 0.1) is 13.0 Å². The molecule has 0 fully saturated rings. The smallest absolute Gasteiger partial charge is 0.460 e. The molecule has 0 aromatic carbocycles. The van der Waals surface area contributed by atoms with Crippen molar-refractivity contribution in [1.82, 2.24) is 0 Å². The molecule has 142 valence electrons. The SMILES string of the molecule is C=C(C)C(=O)OCCC(F)(F)C(F)(F)C(F)(F)C(F)(F)C(F)(F)F. The van der Waals surface area contributed by atoms with Gasteiger partial charge < -0.3 is 4.74 Å². The number of ether oxygens (including phenoxy) is 1. The van der Waals surface area contributed by atoms with Crippen LogP contribution in [0, 0.1) is 0 Å². The molecule has 0 N–H and O–H groups in total. The van der Waals surface area contributed by atoms with E-state index in [9.17, 15) is 53.1 Å². The zero-order chi connectivity index (χ0) is 19.8. The summed E-state index contributed by atoms with van der Waals surface area (Å²) in [5.41, 5.74) is -0.390. The van der Waals surface area contributed by atoms with Crippen LogP contribution >= 0.6 is 0 Å². The Hall–Kier alpha value is -1.56. The van der Waals surface area contributed by atoms with Crippen molar-refractivity contribution in [2.75, 3.05) is 6.61 Å². The Kier molecular flexibility index (Phi) is 5.97. The highest BCUT2D eigenvalue weighted by molar-refractivity contribution is 5.86. The number of esters is 1. The summed E-state index contributed by atoms with van der Waals surface area (Å²) < 4.78 is 142. The van der Waals surface area contributed by atoms with E-state index in [0.29, 0.717) is 0 Å². The van der Waals surface area contributed by atoms with Crippen molar-refractivity contribution in [3.05, 3.63) is 12.2 Å². The molecule has 0 unspecified atom stereocenters. The van der Waals surface area contributed by atoms with Crippen LogP contribution in [-0.2, 0) is 9.53 Å². The minimum atomic E-state index is -7.46. The van der Waals surface area contributed by atoms with E-state index in [1.165, 1.54) is 0 Å². The van der Waals surface area contributed by atoms with Crippen LogP contribution in [0.15, 0.2) is 12.2 Å². The second-order valence-electron chi connectivity index (χ2n) is 4.59. The van der Waals surface area contributed by atoms with E-state index in [-0.39, 0.29) is 5.57 Å². The molecule has 0 aliphatic carbocycles. The van der Waals surface area contributed by atoms with Crippen LogP contribution in [0.2, 0.25) is 0 Å². The first kappa shape index (κ1) is 22.4. The summed E-state index contributed by atoms with van der Waals surface area (Å²) >= 11 is 0. The van der Waals surface area contributed by atoms with E-state index in [4.69, 9.17) is 0 Å². The van der Waals surface area contributed by atoms with E-state index in [1.807, 2.05) is 0 Å². The van der Waals surface area contributed by atoms with E-state index in [0.717, 1.165) is 6.92 Å². The van der Waals surface area contributed by atoms with Crippen molar-refractivity contribution >= 4 is 5.97 Å². The largest absolute Gasteiger partial charge is 0.462 e. The summed E-state index contributed by atoms with van der Waals surface area (Å²) in [7, 11) is 0. The van der Waals surface area contributed by atoms with Gasteiger partial charge in [-0.3, -0.25) is 0 Å². The normalized spacial score (nSPS) is 14.5. The van der Waals surface area contributed by atoms with Crippen molar-refractivity contribution in [2.45, 2.75) is 43.2 Å². The van der Waals surface area contributed by atoms with Gasteiger partial charge in [-0.15, -0.1) is 0 Å². The fourth-order valence-corrected chi connectivity index (χ4v) is 1.16. The molecule has 0 amide bonds. The Bertz CT molecular complexity index is 493. The summed E-state index contributed by atoms with van der Waals surface area (Å²) in [6, 6.07) is 0. The molecule has 0 radical (unpaired) electrons. The van der Waals surface area contributed by atoms with Gasteiger partial charge in [0.1, 0.15) is 0 Å². The van der Waals surface area contributed by atoms with Gasteiger partial charge in [-0.2, -0.15) is 48.3 Å². The second-order valence-corrected chi connectivity index (χ2v) is 4.59. The van der Waals surface area contributed by atoms with Gasteiger partial charge in [0.15, 0.2) is 0 Å². The first-order valence-corrected chi connectivity index (χ1v) is 5.73. The molecule has 0 heterocycles. The zero-order valence-corrected chi connectivity index (χ0v) is 11.6. The molecule has 0 aliphatic heterocycles. The maximum Gasteiger partial charge on any atom is 0.460 e. The van der Waals surface area contributed by atoms with Crippen LogP contribution in [0.25, 0.3) is 0 Å². The molecule has 0 saturated carbocycles. The molecule has 0 bridgehead atoms. The predicted molar refractivity (Wildman–Crippen MR) is 56.2 cm³/mol. The van der Waals surface area contributed by atoms with Crippen molar-refractivity contribution in [1.29, 1.82) is 0 Å². The Labute approximate surface area is 127 Å². The van der Waals surface area contributed by atoms with Gasteiger partial charge in [-0.05, 0) is 6.92 Å². The predicted octanol–water partition coefficient (Wildman–Crippen LogP) is 4.60. The maximum absolute atomic E-state index is 13.1.